The molecule has 1 saturated carbocycles. The summed E-state index contributed by atoms with van der Waals surface area (Å²) in [6.07, 6.45) is 3.42. The third-order valence-electron chi connectivity index (χ3n) is 4.40. The van der Waals surface area contributed by atoms with E-state index in [9.17, 15) is 0 Å². The lowest BCUT2D eigenvalue weighted by Gasteiger charge is -2.16. The first-order chi connectivity index (χ1) is 12.1. The SMILES string of the molecule is CC[C@H](C)Nc1nc(Nc2ccc(OC)cc2OC)cc(C2CC2)n1. The Morgan fingerprint density at radius 1 is 1.16 bits per heavy atom. The molecular weight excluding hydrogens is 316 g/mol. The molecule has 2 N–H and O–H groups in total. The number of anilines is 3. The Balaban J connectivity index is 1.88. The van der Waals surface area contributed by atoms with Gasteiger partial charge in [-0.1, -0.05) is 6.92 Å². The van der Waals surface area contributed by atoms with E-state index in [-0.39, 0.29) is 0 Å². The van der Waals surface area contributed by atoms with Crippen LogP contribution in [0.15, 0.2) is 24.3 Å². The number of nitrogens with zero attached hydrogens (tertiary/aromatic N) is 2. The molecule has 1 atom stereocenters. The second-order valence-corrected chi connectivity index (χ2v) is 6.42. The van der Waals surface area contributed by atoms with Crippen LogP contribution in [0.1, 0.15) is 44.7 Å². The third kappa shape index (κ3) is 4.32. The largest absolute Gasteiger partial charge is 0.497 e. The Hall–Kier alpha value is -2.50. The highest BCUT2D eigenvalue weighted by Crippen LogP contribution is 2.40. The average molecular weight is 342 g/mol. The monoisotopic (exact) mass is 342 g/mol. The van der Waals surface area contributed by atoms with E-state index in [1.807, 2.05) is 24.3 Å². The van der Waals surface area contributed by atoms with E-state index >= 15 is 0 Å². The van der Waals surface area contributed by atoms with E-state index < -0.39 is 0 Å². The Morgan fingerprint density at radius 2 is 1.96 bits per heavy atom. The summed E-state index contributed by atoms with van der Waals surface area (Å²) in [6, 6.07) is 8.04. The zero-order chi connectivity index (χ0) is 17.8. The molecule has 0 bridgehead atoms. The van der Waals surface area contributed by atoms with Crippen LogP contribution in [0, 0.1) is 0 Å². The highest BCUT2D eigenvalue weighted by molar-refractivity contribution is 5.66. The number of hydrogen-bond acceptors (Lipinski definition) is 6. The zero-order valence-corrected chi connectivity index (χ0v) is 15.3. The molecule has 1 aromatic heterocycles. The third-order valence-corrected chi connectivity index (χ3v) is 4.40. The van der Waals surface area contributed by atoms with E-state index in [0.717, 1.165) is 29.4 Å². The normalized spacial score (nSPS) is 14.7. The van der Waals surface area contributed by atoms with Crippen LogP contribution < -0.4 is 20.1 Å². The van der Waals surface area contributed by atoms with Gasteiger partial charge in [0.05, 0.1) is 25.6 Å². The van der Waals surface area contributed by atoms with Crippen molar-refractivity contribution in [1.82, 2.24) is 9.97 Å². The van der Waals surface area contributed by atoms with Crippen LogP contribution in [0.2, 0.25) is 0 Å². The van der Waals surface area contributed by atoms with Crippen LogP contribution in [-0.4, -0.2) is 30.2 Å². The van der Waals surface area contributed by atoms with Crippen LogP contribution in [0.25, 0.3) is 0 Å². The van der Waals surface area contributed by atoms with Crippen molar-refractivity contribution in [3.05, 3.63) is 30.0 Å². The topological polar surface area (TPSA) is 68.3 Å². The van der Waals surface area contributed by atoms with Crippen molar-refractivity contribution in [3.63, 3.8) is 0 Å². The molecule has 6 nitrogen and oxygen atoms in total. The van der Waals surface area contributed by atoms with Crippen molar-refractivity contribution in [2.45, 2.75) is 45.1 Å². The van der Waals surface area contributed by atoms with Crippen LogP contribution in [0.3, 0.4) is 0 Å². The van der Waals surface area contributed by atoms with E-state index in [4.69, 9.17) is 9.47 Å². The lowest BCUT2D eigenvalue weighted by Crippen LogP contribution is -2.16. The summed E-state index contributed by atoms with van der Waals surface area (Å²) in [5.41, 5.74) is 1.94. The van der Waals surface area contributed by atoms with E-state index in [2.05, 4.69) is 34.4 Å². The first-order valence-corrected chi connectivity index (χ1v) is 8.77. The lowest BCUT2D eigenvalue weighted by atomic mass is 10.2. The molecule has 1 aliphatic rings. The first kappa shape index (κ1) is 17.3. The average Bonchev–Trinajstić information content (AvgIpc) is 3.47. The second-order valence-electron chi connectivity index (χ2n) is 6.42. The van der Waals surface area contributed by atoms with Crippen molar-refractivity contribution >= 4 is 17.5 Å². The molecule has 134 valence electrons. The standard InChI is InChI=1S/C19H26N4O2/c1-5-12(2)20-19-22-16(13-6-7-13)11-18(23-19)21-15-9-8-14(24-3)10-17(15)25-4/h8-13H,5-7H2,1-4H3,(H2,20,21,22,23)/t12-/m0/s1. The fourth-order valence-corrected chi connectivity index (χ4v) is 2.55. The zero-order valence-electron chi connectivity index (χ0n) is 15.3. The van der Waals surface area contributed by atoms with Crippen molar-refractivity contribution in [2.24, 2.45) is 0 Å². The molecule has 2 aromatic rings. The Kier molecular flexibility index (Phi) is 5.26. The fraction of sp³-hybridized carbons (Fsp3) is 0.474. The molecule has 0 radical (unpaired) electrons. The van der Waals surface area contributed by atoms with Gasteiger partial charge in [0.1, 0.15) is 17.3 Å². The van der Waals surface area contributed by atoms with Crippen LogP contribution in [-0.2, 0) is 0 Å². The maximum atomic E-state index is 5.46. The summed E-state index contributed by atoms with van der Waals surface area (Å²) in [4.78, 5) is 9.31. The van der Waals surface area contributed by atoms with Gasteiger partial charge in [-0.2, -0.15) is 4.98 Å². The van der Waals surface area contributed by atoms with Crippen LogP contribution in [0.4, 0.5) is 17.5 Å². The molecule has 0 amide bonds. The molecule has 1 heterocycles. The van der Waals surface area contributed by atoms with Gasteiger partial charge < -0.3 is 20.1 Å². The van der Waals surface area contributed by atoms with Gasteiger partial charge in [-0.15, -0.1) is 0 Å². The van der Waals surface area contributed by atoms with Crippen LogP contribution >= 0.6 is 0 Å². The minimum Gasteiger partial charge on any atom is -0.497 e. The molecule has 1 aromatic carbocycles. The Labute approximate surface area is 149 Å². The molecule has 25 heavy (non-hydrogen) atoms. The summed E-state index contributed by atoms with van der Waals surface area (Å²) in [5, 5.41) is 6.73. The van der Waals surface area contributed by atoms with Crippen molar-refractivity contribution < 1.29 is 9.47 Å². The Bertz CT molecular complexity index is 731. The molecule has 0 unspecified atom stereocenters. The number of hydrogen-bond donors (Lipinski definition) is 2. The predicted molar refractivity (Wildman–Crippen MR) is 100 cm³/mol. The van der Waals surface area contributed by atoms with Crippen molar-refractivity contribution in [1.29, 1.82) is 0 Å². The molecule has 1 fully saturated rings. The summed E-state index contributed by atoms with van der Waals surface area (Å²) in [7, 11) is 3.28. The molecular formula is C19H26N4O2. The second kappa shape index (κ2) is 7.59. The van der Waals surface area contributed by atoms with Crippen molar-refractivity contribution in [3.8, 4) is 11.5 Å². The molecule has 3 rings (SSSR count). The summed E-state index contributed by atoms with van der Waals surface area (Å²) >= 11 is 0. The first-order valence-electron chi connectivity index (χ1n) is 8.77. The number of rotatable bonds is 8. The molecule has 0 spiro atoms. The smallest absolute Gasteiger partial charge is 0.225 e. The van der Waals surface area contributed by atoms with Gasteiger partial charge in [0.25, 0.3) is 0 Å². The van der Waals surface area contributed by atoms with Gasteiger partial charge in [-0.05, 0) is 38.3 Å². The highest BCUT2D eigenvalue weighted by Gasteiger charge is 2.26. The number of benzene rings is 1. The Morgan fingerprint density at radius 3 is 2.60 bits per heavy atom. The maximum absolute atomic E-state index is 5.46. The highest BCUT2D eigenvalue weighted by atomic mass is 16.5. The molecule has 1 aliphatic carbocycles. The number of nitrogens with one attached hydrogen (secondary N) is 2. The van der Waals surface area contributed by atoms with Gasteiger partial charge in [0, 0.05) is 24.1 Å². The minimum absolute atomic E-state index is 0.331. The molecule has 0 saturated heterocycles. The summed E-state index contributed by atoms with van der Waals surface area (Å²) < 4.78 is 10.7. The lowest BCUT2D eigenvalue weighted by molar-refractivity contribution is 0.395. The maximum Gasteiger partial charge on any atom is 0.225 e. The summed E-state index contributed by atoms with van der Waals surface area (Å²) in [5.74, 6) is 3.46. The number of ether oxygens (including phenoxy) is 2. The molecule has 6 heteroatoms. The predicted octanol–water partition coefficient (Wildman–Crippen LogP) is 4.33. The van der Waals surface area contributed by atoms with Crippen LogP contribution in [0.5, 0.6) is 11.5 Å². The minimum atomic E-state index is 0.331. The van der Waals surface area contributed by atoms with E-state index in [1.165, 1.54) is 12.8 Å². The molecule has 0 aliphatic heterocycles. The van der Waals surface area contributed by atoms with Gasteiger partial charge in [0.2, 0.25) is 5.95 Å². The van der Waals surface area contributed by atoms with E-state index in [1.54, 1.807) is 14.2 Å². The fourth-order valence-electron chi connectivity index (χ4n) is 2.55. The van der Waals surface area contributed by atoms with Crippen molar-refractivity contribution in [2.75, 3.05) is 24.9 Å². The summed E-state index contributed by atoms with van der Waals surface area (Å²) in [6.45, 7) is 4.27. The number of methoxy groups -OCH3 is 2. The van der Waals surface area contributed by atoms with E-state index in [0.29, 0.717) is 23.7 Å². The van der Waals surface area contributed by atoms with Gasteiger partial charge in [0.15, 0.2) is 0 Å². The number of aromatic nitrogens is 2. The quantitative estimate of drug-likeness (QED) is 0.744. The van der Waals surface area contributed by atoms with Gasteiger partial charge >= 0.3 is 0 Å². The van der Waals surface area contributed by atoms with Gasteiger partial charge in [-0.3, -0.25) is 0 Å². The van der Waals surface area contributed by atoms with Gasteiger partial charge in [-0.25, -0.2) is 4.98 Å².